The second-order valence-corrected chi connectivity index (χ2v) is 6.24. The lowest BCUT2D eigenvalue weighted by Crippen LogP contribution is -2.39. The summed E-state index contributed by atoms with van der Waals surface area (Å²) < 4.78 is 10.1. The van der Waals surface area contributed by atoms with Crippen molar-refractivity contribution in [2.24, 2.45) is 0 Å². The molecule has 0 saturated heterocycles. The summed E-state index contributed by atoms with van der Waals surface area (Å²) in [6.45, 7) is 3.39. The Morgan fingerprint density at radius 1 is 1.14 bits per heavy atom. The first-order valence-electron chi connectivity index (χ1n) is 9.24. The van der Waals surface area contributed by atoms with Crippen LogP contribution >= 0.6 is 0 Å². The Labute approximate surface area is 163 Å². The van der Waals surface area contributed by atoms with Crippen LogP contribution in [0, 0.1) is 0 Å². The summed E-state index contributed by atoms with van der Waals surface area (Å²) in [5.74, 6) is -0.209. The van der Waals surface area contributed by atoms with E-state index in [1.54, 1.807) is 12.1 Å². The van der Waals surface area contributed by atoms with Crippen LogP contribution in [0.1, 0.15) is 23.7 Å². The van der Waals surface area contributed by atoms with Gasteiger partial charge in [0.2, 0.25) is 5.91 Å². The smallest absolute Gasteiger partial charge is 0.254 e. The number of hydrogen-bond acceptors (Lipinski definition) is 5. The molecule has 7 heteroatoms. The largest absolute Gasteiger partial charge is 0.382 e. The summed E-state index contributed by atoms with van der Waals surface area (Å²) in [6.07, 6.45) is 2.01. The van der Waals surface area contributed by atoms with Gasteiger partial charge in [-0.2, -0.15) is 0 Å². The average Bonchev–Trinajstić information content (AvgIpc) is 3.22. The van der Waals surface area contributed by atoms with E-state index >= 15 is 0 Å². The maximum absolute atomic E-state index is 13.2. The molecule has 7 nitrogen and oxygen atoms in total. The number of amides is 2. The average molecular weight is 381 g/mol. The first-order chi connectivity index (χ1) is 13.7. The number of rotatable bonds is 9. The van der Waals surface area contributed by atoms with Crippen molar-refractivity contribution in [2.75, 3.05) is 31.6 Å². The molecule has 2 aromatic carbocycles. The number of benzene rings is 2. The van der Waals surface area contributed by atoms with E-state index in [1.807, 2.05) is 43.3 Å². The van der Waals surface area contributed by atoms with Gasteiger partial charge in [-0.25, -0.2) is 0 Å². The summed E-state index contributed by atoms with van der Waals surface area (Å²) in [5, 5.41) is 8.14. The second kappa shape index (κ2) is 9.66. The lowest BCUT2D eigenvalue weighted by atomic mass is 10.0. The van der Waals surface area contributed by atoms with Gasteiger partial charge in [-0.05, 0) is 30.2 Å². The standard InChI is InChI=1S/C21H23N3O4/c1-2-27-13-6-12-24(15-20(25)22-19-11-14-28-23-19)21(26)18-10-5-8-16-7-3-4-9-17(16)18/h3-5,7-11,14H,2,6,12-13,15H2,1H3,(H,22,23,25). The Morgan fingerprint density at radius 3 is 2.75 bits per heavy atom. The van der Waals surface area contributed by atoms with Crippen LogP contribution in [0.15, 0.2) is 59.3 Å². The van der Waals surface area contributed by atoms with E-state index in [0.717, 1.165) is 10.8 Å². The first kappa shape index (κ1) is 19.6. The van der Waals surface area contributed by atoms with Crippen molar-refractivity contribution < 1.29 is 18.8 Å². The predicted octanol–water partition coefficient (Wildman–Crippen LogP) is 3.34. The molecule has 0 aliphatic heterocycles. The fourth-order valence-corrected chi connectivity index (χ4v) is 2.97. The van der Waals surface area contributed by atoms with Gasteiger partial charge < -0.3 is 19.5 Å². The topological polar surface area (TPSA) is 84.7 Å². The predicted molar refractivity (Wildman–Crippen MR) is 106 cm³/mol. The van der Waals surface area contributed by atoms with Crippen molar-refractivity contribution in [3.05, 3.63) is 60.4 Å². The van der Waals surface area contributed by atoms with Gasteiger partial charge in [0.05, 0.1) is 0 Å². The zero-order valence-electron chi connectivity index (χ0n) is 15.8. The van der Waals surface area contributed by atoms with Crippen molar-refractivity contribution in [1.29, 1.82) is 0 Å². The van der Waals surface area contributed by atoms with Crippen LogP contribution in [0.3, 0.4) is 0 Å². The molecule has 0 fully saturated rings. The van der Waals surface area contributed by atoms with Gasteiger partial charge in [0.1, 0.15) is 12.8 Å². The van der Waals surface area contributed by atoms with Gasteiger partial charge >= 0.3 is 0 Å². The highest BCUT2D eigenvalue weighted by Gasteiger charge is 2.21. The molecule has 1 heterocycles. The van der Waals surface area contributed by atoms with Crippen LogP contribution in [0.5, 0.6) is 0 Å². The number of aromatic nitrogens is 1. The molecule has 0 unspecified atom stereocenters. The zero-order chi connectivity index (χ0) is 19.8. The van der Waals surface area contributed by atoms with Crippen LogP contribution < -0.4 is 5.32 Å². The number of hydrogen-bond donors (Lipinski definition) is 1. The Kier molecular flexibility index (Phi) is 6.75. The molecule has 0 radical (unpaired) electrons. The van der Waals surface area contributed by atoms with E-state index in [4.69, 9.17) is 9.26 Å². The molecule has 3 rings (SSSR count). The van der Waals surface area contributed by atoms with Gasteiger partial charge in [-0.3, -0.25) is 9.59 Å². The van der Waals surface area contributed by atoms with E-state index in [9.17, 15) is 9.59 Å². The molecule has 0 spiro atoms. The lowest BCUT2D eigenvalue weighted by molar-refractivity contribution is -0.117. The quantitative estimate of drug-likeness (QED) is 0.575. The molecule has 2 amide bonds. The second-order valence-electron chi connectivity index (χ2n) is 6.24. The summed E-state index contributed by atoms with van der Waals surface area (Å²) in [5.41, 5.74) is 0.573. The molecule has 1 aromatic heterocycles. The molecule has 28 heavy (non-hydrogen) atoms. The fourth-order valence-electron chi connectivity index (χ4n) is 2.97. The molecule has 3 aromatic rings. The molecular formula is C21H23N3O4. The summed E-state index contributed by atoms with van der Waals surface area (Å²) in [6, 6.07) is 14.8. The molecule has 0 aliphatic carbocycles. The number of fused-ring (bicyclic) bond motifs is 1. The van der Waals surface area contributed by atoms with Crippen molar-refractivity contribution in [3.8, 4) is 0 Å². The molecule has 0 saturated carbocycles. The van der Waals surface area contributed by atoms with Gasteiger partial charge in [0, 0.05) is 31.4 Å². The maximum Gasteiger partial charge on any atom is 0.254 e. The Morgan fingerprint density at radius 2 is 1.96 bits per heavy atom. The number of nitrogens with one attached hydrogen (secondary N) is 1. The van der Waals surface area contributed by atoms with Crippen LogP contribution in [0.2, 0.25) is 0 Å². The van der Waals surface area contributed by atoms with Gasteiger partial charge in [0.25, 0.3) is 5.91 Å². The number of carbonyl (C=O) groups is 2. The van der Waals surface area contributed by atoms with E-state index in [2.05, 4.69) is 10.5 Å². The van der Waals surface area contributed by atoms with Gasteiger partial charge in [0.15, 0.2) is 5.82 Å². The normalized spacial score (nSPS) is 10.8. The van der Waals surface area contributed by atoms with Crippen LogP contribution in [-0.4, -0.2) is 48.2 Å². The van der Waals surface area contributed by atoms with E-state index in [0.29, 0.717) is 37.6 Å². The third-order valence-electron chi connectivity index (χ3n) is 4.27. The fraction of sp³-hybridized carbons (Fsp3) is 0.286. The third-order valence-corrected chi connectivity index (χ3v) is 4.27. The van der Waals surface area contributed by atoms with Crippen LogP contribution in [-0.2, 0) is 9.53 Å². The Balaban J connectivity index is 1.78. The van der Waals surface area contributed by atoms with E-state index < -0.39 is 0 Å². The minimum Gasteiger partial charge on any atom is -0.382 e. The van der Waals surface area contributed by atoms with Gasteiger partial charge in [-0.15, -0.1) is 0 Å². The van der Waals surface area contributed by atoms with E-state index in [-0.39, 0.29) is 18.4 Å². The van der Waals surface area contributed by atoms with Gasteiger partial charge in [-0.1, -0.05) is 41.6 Å². The van der Waals surface area contributed by atoms with Crippen molar-refractivity contribution in [3.63, 3.8) is 0 Å². The number of carbonyl (C=O) groups excluding carboxylic acids is 2. The van der Waals surface area contributed by atoms with Crippen molar-refractivity contribution >= 4 is 28.4 Å². The summed E-state index contributed by atoms with van der Waals surface area (Å²) in [4.78, 5) is 27.2. The molecule has 0 bridgehead atoms. The molecule has 1 N–H and O–H groups in total. The Hall–Kier alpha value is -3.19. The summed E-state index contributed by atoms with van der Waals surface area (Å²) >= 11 is 0. The number of ether oxygens (including phenoxy) is 1. The highest BCUT2D eigenvalue weighted by Crippen LogP contribution is 2.20. The SMILES string of the molecule is CCOCCCN(CC(=O)Nc1ccon1)C(=O)c1cccc2ccccc12. The maximum atomic E-state index is 13.2. The van der Waals surface area contributed by atoms with Crippen molar-refractivity contribution in [2.45, 2.75) is 13.3 Å². The monoisotopic (exact) mass is 381 g/mol. The minimum absolute atomic E-state index is 0.0823. The van der Waals surface area contributed by atoms with E-state index in [1.165, 1.54) is 11.2 Å². The minimum atomic E-state index is -0.334. The molecule has 146 valence electrons. The lowest BCUT2D eigenvalue weighted by Gasteiger charge is -2.23. The molecule has 0 aliphatic rings. The molecule has 0 atom stereocenters. The van der Waals surface area contributed by atoms with Crippen molar-refractivity contribution in [1.82, 2.24) is 10.1 Å². The summed E-state index contributed by atoms with van der Waals surface area (Å²) in [7, 11) is 0. The highest BCUT2D eigenvalue weighted by molar-refractivity contribution is 6.08. The molecular weight excluding hydrogens is 358 g/mol. The van der Waals surface area contributed by atoms with Crippen LogP contribution in [0.25, 0.3) is 10.8 Å². The third kappa shape index (κ3) is 4.95. The number of nitrogens with zero attached hydrogens (tertiary/aromatic N) is 2. The van der Waals surface area contributed by atoms with Crippen LogP contribution in [0.4, 0.5) is 5.82 Å². The Bertz CT molecular complexity index is 919. The zero-order valence-corrected chi connectivity index (χ0v) is 15.8. The number of anilines is 1. The first-order valence-corrected chi connectivity index (χ1v) is 9.24. The highest BCUT2D eigenvalue weighted by atomic mass is 16.5.